The Kier molecular flexibility index (Phi) is 3.89. The number of benzene rings is 1. The predicted octanol–water partition coefficient (Wildman–Crippen LogP) is 1.28. The zero-order valence-electron chi connectivity index (χ0n) is 10.2. The lowest BCUT2D eigenvalue weighted by Crippen LogP contribution is -2.18. The third-order valence-electron chi connectivity index (χ3n) is 2.91. The van der Waals surface area contributed by atoms with E-state index >= 15 is 0 Å². The minimum atomic E-state index is -3.64. The van der Waals surface area contributed by atoms with Crippen LogP contribution in [0.25, 0.3) is 0 Å². The van der Waals surface area contributed by atoms with Crippen LogP contribution in [-0.4, -0.2) is 27.2 Å². The van der Waals surface area contributed by atoms with E-state index in [9.17, 15) is 8.42 Å². The van der Waals surface area contributed by atoms with Gasteiger partial charge in [0.05, 0.1) is 17.1 Å². The smallest absolute Gasteiger partial charge is 0.238 e. The molecule has 1 heterocycles. The highest BCUT2D eigenvalue weighted by Crippen LogP contribution is 2.21. The van der Waals surface area contributed by atoms with E-state index in [0.29, 0.717) is 18.5 Å². The minimum Gasteiger partial charge on any atom is -0.491 e. The highest BCUT2D eigenvalue weighted by Gasteiger charge is 2.22. The van der Waals surface area contributed by atoms with Crippen molar-refractivity contribution < 1.29 is 17.9 Å². The van der Waals surface area contributed by atoms with Crippen LogP contribution in [0.3, 0.4) is 0 Å². The molecule has 1 aromatic carbocycles. The number of rotatable bonds is 4. The number of nitrogens with two attached hydrogens (primary N) is 1. The van der Waals surface area contributed by atoms with Crippen LogP contribution in [-0.2, 0) is 14.8 Å². The molecule has 0 spiro atoms. The molecule has 0 aliphatic carbocycles. The van der Waals surface area contributed by atoms with Crippen LogP contribution >= 0.6 is 0 Å². The average Bonchev–Trinajstić information content (AvgIpc) is 2.72. The molecule has 18 heavy (non-hydrogen) atoms. The number of hydrogen-bond acceptors (Lipinski definition) is 4. The highest BCUT2D eigenvalue weighted by molar-refractivity contribution is 7.89. The van der Waals surface area contributed by atoms with Crippen LogP contribution in [0.2, 0.25) is 0 Å². The second kappa shape index (κ2) is 5.26. The van der Waals surface area contributed by atoms with Crippen molar-refractivity contribution in [3.05, 3.63) is 24.3 Å². The van der Waals surface area contributed by atoms with Gasteiger partial charge in [0, 0.05) is 0 Å². The van der Waals surface area contributed by atoms with E-state index in [1.807, 2.05) is 6.92 Å². The van der Waals surface area contributed by atoms with E-state index in [1.54, 1.807) is 12.1 Å². The van der Waals surface area contributed by atoms with Crippen LogP contribution in [0.4, 0.5) is 0 Å². The van der Waals surface area contributed by atoms with Crippen molar-refractivity contribution in [2.45, 2.75) is 36.9 Å². The lowest BCUT2D eigenvalue weighted by molar-refractivity contribution is 0.0264. The van der Waals surface area contributed by atoms with Gasteiger partial charge in [-0.05, 0) is 44.0 Å². The summed E-state index contributed by atoms with van der Waals surface area (Å²) in [5.74, 6) is 0.616. The first-order valence-electron chi connectivity index (χ1n) is 5.86. The SMILES string of the molecule is CC1CCC(COc2ccc(S(N)(=O)=O)cc2)O1. The Morgan fingerprint density at radius 3 is 2.50 bits per heavy atom. The zero-order chi connectivity index (χ0) is 13.2. The standard InChI is InChI=1S/C12H17NO4S/c1-9-2-3-11(17-9)8-16-10-4-6-12(7-5-10)18(13,14)15/h4-7,9,11H,2-3,8H2,1H3,(H2,13,14,15). The molecular formula is C12H17NO4S. The second-order valence-electron chi connectivity index (χ2n) is 4.47. The molecule has 1 aliphatic rings. The minimum absolute atomic E-state index is 0.0839. The van der Waals surface area contributed by atoms with Gasteiger partial charge in [0.25, 0.3) is 0 Å². The largest absolute Gasteiger partial charge is 0.491 e. The van der Waals surface area contributed by atoms with Gasteiger partial charge in [-0.15, -0.1) is 0 Å². The van der Waals surface area contributed by atoms with Crippen LogP contribution in [0.15, 0.2) is 29.2 Å². The van der Waals surface area contributed by atoms with Crippen LogP contribution in [0.5, 0.6) is 5.75 Å². The summed E-state index contributed by atoms with van der Waals surface area (Å²) < 4.78 is 33.3. The first kappa shape index (κ1) is 13.3. The summed E-state index contributed by atoms with van der Waals surface area (Å²) in [6.07, 6.45) is 2.47. The van der Waals surface area contributed by atoms with Crippen molar-refractivity contribution in [2.75, 3.05) is 6.61 Å². The Bertz CT molecular complexity index is 497. The summed E-state index contributed by atoms with van der Waals surface area (Å²) in [5.41, 5.74) is 0. The molecule has 0 aromatic heterocycles. The molecule has 2 N–H and O–H groups in total. The Balaban J connectivity index is 1.91. The number of primary sulfonamides is 1. The molecule has 1 fully saturated rings. The maximum Gasteiger partial charge on any atom is 0.238 e. The Morgan fingerprint density at radius 1 is 1.33 bits per heavy atom. The normalized spacial score (nSPS) is 24.1. The number of ether oxygens (including phenoxy) is 2. The summed E-state index contributed by atoms with van der Waals surface area (Å²) >= 11 is 0. The molecule has 1 saturated heterocycles. The molecule has 100 valence electrons. The fraction of sp³-hybridized carbons (Fsp3) is 0.500. The van der Waals surface area contributed by atoms with Gasteiger partial charge in [-0.3, -0.25) is 0 Å². The van der Waals surface area contributed by atoms with Crippen LogP contribution in [0, 0.1) is 0 Å². The number of sulfonamides is 1. The first-order valence-corrected chi connectivity index (χ1v) is 7.41. The third-order valence-corrected chi connectivity index (χ3v) is 3.84. The fourth-order valence-electron chi connectivity index (χ4n) is 1.92. The summed E-state index contributed by atoms with van der Waals surface area (Å²) in [4.78, 5) is 0.0839. The van der Waals surface area contributed by atoms with E-state index in [-0.39, 0.29) is 11.0 Å². The van der Waals surface area contributed by atoms with Gasteiger partial charge in [0.15, 0.2) is 0 Å². The molecule has 0 bridgehead atoms. The van der Waals surface area contributed by atoms with Gasteiger partial charge < -0.3 is 9.47 Å². The molecule has 0 saturated carbocycles. The molecule has 1 aliphatic heterocycles. The maximum atomic E-state index is 11.1. The Labute approximate surface area is 107 Å². The van der Waals surface area contributed by atoms with E-state index < -0.39 is 10.0 Å². The zero-order valence-corrected chi connectivity index (χ0v) is 11.0. The Hall–Kier alpha value is -1.11. The van der Waals surface area contributed by atoms with Crippen molar-refractivity contribution in [1.82, 2.24) is 0 Å². The van der Waals surface area contributed by atoms with Crippen molar-refractivity contribution >= 4 is 10.0 Å². The summed E-state index contributed by atoms with van der Waals surface area (Å²) in [5, 5.41) is 5.01. The molecule has 5 nitrogen and oxygen atoms in total. The molecular weight excluding hydrogens is 254 g/mol. The van der Waals surface area contributed by atoms with Crippen LogP contribution in [0.1, 0.15) is 19.8 Å². The van der Waals surface area contributed by atoms with Gasteiger partial charge in [-0.1, -0.05) is 0 Å². The third kappa shape index (κ3) is 3.44. The highest BCUT2D eigenvalue weighted by atomic mass is 32.2. The van der Waals surface area contributed by atoms with Crippen LogP contribution < -0.4 is 9.88 Å². The van der Waals surface area contributed by atoms with Gasteiger partial charge >= 0.3 is 0 Å². The molecule has 6 heteroatoms. The van der Waals surface area contributed by atoms with Gasteiger partial charge in [-0.25, -0.2) is 13.6 Å². The lowest BCUT2D eigenvalue weighted by Gasteiger charge is -2.12. The van der Waals surface area contributed by atoms with Crippen molar-refractivity contribution in [1.29, 1.82) is 0 Å². The molecule has 2 unspecified atom stereocenters. The quantitative estimate of drug-likeness (QED) is 0.894. The second-order valence-corrected chi connectivity index (χ2v) is 6.03. The molecule has 0 radical (unpaired) electrons. The average molecular weight is 271 g/mol. The number of hydrogen-bond donors (Lipinski definition) is 1. The van der Waals surface area contributed by atoms with Crippen molar-refractivity contribution in [2.24, 2.45) is 5.14 Å². The van der Waals surface area contributed by atoms with E-state index in [2.05, 4.69) is 0 Å². The monoisotopic (exact) mass is 271 g/mol. The molecule has 2 atom stereocenters. The van der Waals surface area contributed by atoms with Crippen molar-refractivity contribution in [3.63, 3.8) is 0 Å². The topological polar surface area (TPSA) is 78.6 Å². The summed E-state index contributed by atoms with van der Waals surface area (Å²) in [6.45, 7) is 2.53. The Morgan fingerprint density at radius 2 is 2.00 bits per heavy atom. The fourth-order valence-corrected chi connectivity index (χ4v) is 2.44. The lowest BCUT2D eigenvalue weighted by atomic mass is 10.2. The molecule has 1 aromatic rings. The van der Waals surface area contributed by atoms with E-state index in [1.165, 1.54) is 12.1 Å². The van der Waals surface area contributed by atoms with E-state index in [0.717, 1.165) is 12.8 Å². The van der Waals surface area contributed by atoms with E-state index in [4.69, 9.17) is 14.6 Å². The van der Waals surface area contributed by atoms with Gasteiger partial charge in [0.2, 0.25) is 10.0 Å². The molecule has 2 rings (SSSR count). The summed E-state index contributed by atoms with van der Waals surface area (Å²) in [6, 6.07) is 6.06. The van der Waals surface area contributed by atoms with Gasteiger partial charge in [0.1, 0.15) is 12.4 Å². The van der Waals surface area contributed by atoms with Crippen molar-refractivity contribution in [3.8, 4) is 5.75 Å². The predicted molar refractivity (Wildman–Crippen MR) is 66.9 cm³/mol. The maximum absolute atomic E-state index is 11.1. The first-order chi connectivity index (χ1) is 8.45. The van der Waals surface area contributed by atoms with Gasteiger partial charge in [-0.2, -0.15) is 0 Å². The summed E-state index contributed by atoms with van der Waals surface area (Å²) in [7, 11) is -3.64. The molecule has 0 amide bonds.